The molecule has 0 unspecified atom stereocenters. The lowest BCUT2D eigenvalue weighted by atomic mass is 10.2. The average molecular weight is 375 g/mol. The molecule has 0 aliphatic rings. The van der Waals surface area contributed by atoms with E-state index in [-0.39, 0.29) is 24.8 Å². The van der Waals surface area contributed by atoms with E-state index in [4.69, 9.17) is 16.3 Å². The largest absolute Gasteiger partial charge is 0.491 e. The molecule has 5 nitrogen and oxygen atoms in total. The molecule has 0 saturated carbocycles. The molecule has 0 bridgehead atoms. The number of hydrogen-bond donors (Lipinski definition) is 1. The number of rotatable bonds is 8. The first-order valence-corrected chi connectivity index (χ1v) is 8.82. The van der Waals surface area contributed by atoms with Crippen molar-refractivity contribution >= 4 is 23.4 Å². The van der Waals surface area contributed by atoms with Gasteiger partial charge in [-0.15, -0.1) is 0 Å². The molecular formula is C20H23ClN2O3. The van der Waals surface area contributed by atoms with Crippen LogP contribution in [-0.4, -0.2) is 43.5 Å². The summed E-state index contributed by atoms with van der Waals surface area (Å²) >= 11 is 5.98. The molecule has 2 rings (SSSR count). The second kappa shape index (κ2) is 9.82. The summed E-state index contributed by atoms with van der Waals surface area (Å²) in [6, 6.07) is 14.6. The maximum atomic E-state index is 12.1. The van der Waals surface area contributed by atoms with Crippen LogP contribution in [0.25, 0.3) is 0 Å². The van der Waals surface area contributed by atoms with Crippen molar-refractivity contribution in [2.24, 2.45) is 0 Å². The Morgan fingerprint density at radius 3 is 2.54 bits per heavy atom. The summed E-state index contributed by atoms with van der Waals surface area (Å²) < 4.78 is 5.69. The molecule has 2 aromatic carbocycles. The number of aryl methyl sites for hydroxylation is 1. The van der Waals surface area contributed by atoms with Crippen LogP contribution in [0, 0.1) is 6.92 Å². The number of benzene rings is 2. The highest BCUT2D eigenvalue weighted by Gasteiger charge is 2.12. The van der Waals surface area contributed by atoms with Crippen molar-refractivity contribution in [1.29, 1.82) is 0 Å². The van der Waals surface area contributed by atoms with E-state index in [0.717, 1.165) is 11.3 Å². The Morgan fingerprint density at radius 1 is 1.12 bits per heavy atom. The van der Waals surface area contributed by atoms with Gasteiger partial charge < -0.3 is 15.0 Å². The number of para-hydroxylation sites is 1. The lowest BCUT2D eigenvalue weighted by molar-refractivity contribution is -0.130. The summed E-state index contributed by atoms with van der Waals surface area (Å²) in [7, 11) is 1.72. The fourth-order valence-electron chi connectivity index (χ4n) is 2.35. The van der Waals surface area contributed by atoms with E-state index in [9.17, 15) is 9.59 Å². The van der Waals surface area contributed by atoms with Crippen LogP contribution in [-0.2, 0) is 4.79 Å². The van der Waals surface area contributed by atoms with Crippen molar-refractivity contribution < 1.29 is 14.3 Å². The molecule has 6 heteroatoms. The normalized spacial score (nSPS) is 10.3. The summed E-state index contributed by atoms with van der Waals surface area (Å²) in [5.74, 6) is 0.479. The Balaban J connectivity index is 1.69. The highest BCUT2D eigenvalue weighted by Crippen LogP contribution is 2.16. The van der Waals surface area contributed by atoms with Gasteiger partial charge in [0.2, 0.25) is 5.91 Å². The minimum absolute atomic E-state index is 0.0576. The molecule has 2 amide bonds. The van der Waals surface area contributed by atoms with Gasteiger partial charge >= 0.3 is 0 Å². The average Bonchev–Trinajstić information content (AvgIpc) is 2.63. The van der Waals surface area contributed by atoms with E-state index in [1.165, 1.54) is 0 Å². The number of carbonyl (C=O) groups excluding carboxylic acids is 2. The molecule has 26 heavy (non-hydrogen) atoms. The molecule has 0 radical (unpaired) electrons. The van der Waals surface area contributed by atoms with E-state index >= 15 is 0 Å². The van der Waals surface area contributed by atoms with Gasteiger partial charge in [-0.3, -0.25) is 9.59 Å². The smallest absolute Gasteiger partial charge is 0.252 e. The van der Waals surface area contributed by atoms with E-state index < -0.39 is 0 Å². The number of halogens is 1. The zero-order valence-electron chi connectivity index (χ0n) is 15.0. The zero-order valence-corrected chi connectivity index (χ0v) is 15.8. The Bertz CT molecular complexity index is 764. The Hall–Kier alpha value is -2.53. The summed E-state index contributed by atoms with van der Waals surface area (Å²) in [6.07, 6.45) is 0.219. The van der Waals surface area contributed by atoms with Crippen LogP contribution in [0.2, 0.25) is 5.02 Å². The lowest BCUT2D eigenvalue weighted by Crippen LogP contribution is -2.34. The van der Waals surface area contributed by atoms with Crippen molar-refractivity contribution in [2.45, 2.75) is 13.3 Å². The number of ether oxygens (including phenoxy) is 1. The van der Waals surface area contributed by atoms with Gasteiger partial charge in [0.25, 0.3) is 5.91 Å². The first-order valence-electron chi connectivity index (χ1n) is 8.44. The maximum Gasteiger partial charge on any atom is 0.252 e. The third kappa shape index (κ3) is 5.77. The molecule has 0 atom stereocenters. The molecule has 0 aliphatic carbocycles. The predicted octanol–water partition coefficient (Wildman–Crippen LogP) is 3.31. The Kier molecular flexibility index (Phi) is 7.48. The first-order chi connectivity index (χ1) is 12.5. The minimum Gasteiger partial charge on any atom is -0.491 e. The van der Waals surface area contributed by atoms with Gasteiger partial charge in [0.1, 0.15) is 12.4 Å². The Morgan fingerprint density at radius 2 is 1.81 bits per heavy atom. The van der Waals surface area contributed by atoms with Gasteiger partial charge in [-0.05, 0) is 30.7 Å². The van der Waals surface area contributed by atoms with Crippen LogP contribution in [0.15, 0.2) is 48.5 Å². The van der Waals surface area contributed by atoms with Gasteiger partial charge in [-0.25, -0.2) is 0 Å². The van der Waals surface area contributed by atoms with Crippen LogP contribution in [0.3, 0.4) is 0 Å². The van der Waals surface area contributed by atoms with Crippen molar-refractivity contribution in [2.75, 3.05) is 26.7 Å². The standard InChI is InChI=1S/C20H23ClN2O3/c1-15-7-3-6-10-18(15)26-14-13-23(2)19(24)11-12-22-20(25)16-8-4-5-9-17(16)21/h3-10H,11-14H2,1-2H3,(H,22,25). The molecule has 0 fully saturated rings. The molecule has 0 aromatic heterocycles. The van der Waals surface area contributed by atoms with Crippen LogP contribution in [0.4, 0.5) is 0 Å². The van der Waals surface area contributed by atoms with Crippen LogP contribution < -0.4 is 10.1 Å². The molecule has 2 aromatic rings. The SMILES string of the molecule is Cc1ccccc1OCCN(C)C(=O)CCNC(=O)c1ccccc1Cl. The molecule has 0 heterocycles. The number of nitrogens with one attached hydrogen (secondary N) is 1. The maximum absolute atomic E-state index is 12.1. The summed E-state index contributed by atoms with van der Waals surface area (Å²) in [5, 5.41) is 3.10. The molecule has 1 N–H and O–H groups in total. The summed E-state index contributed by atoms with van der Waals surface area (Å²) in [6.45, 7) is 3.13. The second-order valence-corrected chi connectivity index (χ2v) is 6.32. The van der Waals surface area contributed by atoms with E-state index in [1.54, 1.807) is 36.2 Å². The van der Waals surface area contributed by atoms with Crippen LogP contribution in [0.5, 0.6) is 5.75 Å². The molecular weight excluding hydrogens is 352 g/mol. The second-order valence-electron chi connectivity index (χ2n) is 5.91. The predicted molar refractivity (Wildman–Crippen MR) is 103 cm³/mol. The lowest BCUT2D eigenvalue weighted by Gasteiger charge is -2.18. The van der Waals surface area contributed by atoms with Gasteiger partial charge in [-0.2, -0.15) is 0 Å². The van der Waals surface area contributed by atoms with Crippen LogP contribution >= 0.6 is 11.6 Å². The van der Waals surface area contributed by atoms with E-state index in [2.05, 4.69) is 5.32 Å². The molecule has 0 aliphatic heterocycles. The molecule has 0 spiro atoms. The van der Waals surface area contributed by atoms with Gasteiger partial charge in [-0.1, -0.05) is 41.9 Å². The minimum atomic E-state index is -0.283. The van der Waals surface area contributed by atoms with Crippen molar-refractivity contribution in [1.82, 2.24) is 10.2 Å². The molecule has 0 saturated heterocycles. The number of carbonyl (C=O) groups is 2. The first kappa shape index (κ1) is 19.8. The van der Waals surface area contributed by atoms with Gasteiger partial charge in [0, 0.05) is 20.0 Å². The number of likely N-dealkylation sites (N-methyl/N-ethyl adjacent to an activating group) is 1. The number of nitrogens with zero attached hydrogens (tertiary/aromatic N) is 1. The fraction of sp³-hybridized carbons (Fsp3) is 0.300. The summed E-state index contributed by atoms with van der Waals surface area (Å²) in [5.41, 5.74) is 1.46. The van der Waals surface area contributed by atoms with E-state index in [0.29, 0.717) is 23.7 Å². The highest BCUT2D eigenvalue weighted by atomic mass is 35.5. The van der Waals surface area contributed by atoms with Crippen molar-refractivity contribution in [3.8, 4) is 5.75 Å². The number of hydrogen-bond acceptors (Lipinski definition) is 3. The third-order valence-electron chi connectivity index (χ3n) is 3.95. The van der Waals surface area contributed by atoms with Crippen molar-refractivity contribution in [3.05, 3.63) is 64.7 Å². The monoisotopic (exact) mass is 374 g/mol. The summed E-state index contributed by atoms with van der Waals surface area (Å²) in [4.78, 5) is 25.8. The fourth-order valence-corrected chi connectivity index (χ4v) is 2.57. The number of amides is 2. The topological polar surface area (TPSA) is 58.6 Å². The zero-order chi connectivity index (χ0) is 18.9. The van der Waals surface area contributed by atoms with Crippen LogP contribution in [0.1, 0.15) is 22.3 Å². The van der Waals surface area contributed by atoms with E-state index in [1.807, 2.05) is 31.2 Å². The highest BCUT2D eigenvalue weighted by molar-refractivity contribution is 6.33. The van der Waals surface area contributed by atoms with Gasteiger partial charge in [0.15, 0.2) is 0 Å². The molecule has 138 valence electrons. The van der Waals surface area contributed by atoms with Crippen molar-refractivity contribution in [3.63, 3.8) is 0 Å². The third-order valence-corrected chi connectivity index (χ3v) is 4.28. The van der Waals surface area contributed by atoms with Gasteiger partial charge in [0.05, 0.1) is 17.1 Å². The quantitative estimate of drug-likeness (QED) is 0.771. The Labute approximate surface area is 158 Å².